The van der Waals surface area contributed by atoms with Crippen molar-refractivity contribution in [2.75, 3.05) is 0 Å². The van der Waals surface area contributed by atoms with Crippen LogP contribution in [0.25, 0.3) is 0 Å². The molecular weight excluding hydrogens is 422 g/mol. The molecule has 0 radical (unpaired) electrons. The molecule has 186 valence electrons. The lowest BCUT2D eigenvalue weighted by Crippen LogP contribution is -2.59. The number of ketones is 1. The predicted molar refractivity (Wildman–Crippen MR) is 137 cm³/mol. The van der Waals surface area contributed by atoms with E-state index in [2.05, 4.69) is 61.5 Å². The van der Waals surface area contributed by atoms with E-state index in [0.717, 1.165) is 19.3 Å². The molecule has 0 aromatic heterocycles. The van der Waals surface area contributed by atoms with Gasteiger partial charge in [-0.25, -0.2) is 0 Å². The number of carbonyl (C=O) groups excluding carboxylic acids is 1. The minimum absolute atomic E-state index is 0.00512. The normalized spacial score (nSPS) is 43.4. The molecule has 7 atom stereocenters. The number of fused-ring (bicyclic) bond motifs is 5. The van der Waals surface area contributed by atoms with Crippen LogP contribution >= 0.6 is 0 Å². The molecule has 0 spiro atoms. The van der Waals surface area contributed by atoms with Crippen LogP contribution in [-0.2, 0) is 9.22 Å². The predicted octanol–water partition coefficient (Wildman–Crippen LogP) is 8.05. The third-order valence-electron chi connectivity index (χ3n) is 11.9. The molecule has 0 N–H and O–H groups in total. The summed E-state index contributed by atoms with van der Waals surface area (Å²) >= 11 is 0. The third kappa shape index (κ3) is 3.46. The summed E-state index contributed by atoms with van der Waals surface area (Å²) in [6.07, 6.45) is 9.50. The first-order valence-electron chi connectivity index (χ1n) is 14.0. The van der Waals surface area contributed by atoms with Gasteiger partial charge in [-0.1, -0.05) is 55.4 Å². The standard InChI is InChI=1S/C29H49NO2Si/c1-19(2)33(20(3)4,21(5)6)32-26-10-9-24-23-12-16-29(18-30)17-22(31)11-15-28(29,8)25(23)13-14-27(24,26)7/h19-21,23-26H,9-17H2,1-8H3/t23-,24-,25+,26?,27-,28+,29?/m0/s1. The molecule has 0 aliphatic heterocycles. The van der Waals surface area contributed by atoms with Crippen LogP contribution in [0.1, 0.15) is 113 Å². The highest BCUT2D eigenvalue weighted by Gasteiger charge is 2.66. The maximum Gasteiger partial charge on any atom is 0.200 e. The molecule has 4 aliphatic rings. The average Bonchev–Trinajstić information content (AvgIpc) is 3.07. The maximum atomic E-state index is 12.4. The minimum Gasteiger partial charge on any atom is -0.413 e. The van der Waals surface area contributed by atoms with Gasteiger partial charge in [0.15, 0.2) is 0 Å². The van der Waals surface area contributed by atoms with E-state index in [4.69, 9.17) is 4.43 Å². The number of rotatable bonds is 5. The minimum atomic E-state index is -1.91. The summed E-state index contributed by atoms with van der Waals surface area (Å²) in [5, 5.41) is 10.3. The Balaban J connectivity index is 1.62. The molecule has 4 saturated carbocycles. The second-order valence-corrected chi connectivity index (χ2v) is 19.2. The van der Waals surface area contributed by atoms with Gasteiger partial charge in [0, 0.05) is 12.8 Å². The molecule has 0 amide bonds. The van der Waals surface area contributed by atoms with Crippen LogP contribution in [0.4, 0.5) is 0 Å². The molecule has 4 rings (SSSR count). The van der Waals surface area contributed by atoms with E-state index in [1.54, 1.807) is 0 Å². The van der Waals surface area contributed by atoms with Gasteiger partial charge in [-0.2, -0.15) is 5.26 Å². The number of nitrogens with zero attached hydrogens (tertiary/aromatic N) is 1. The van der Waals surface area contributed by atoms with Crippen molar-refractivity contribution >= 4 is 14.1 Å². The molecule has 33 heavy (non-hydrogen) atoms. The Hall–Kier alpha value is -0.663. The Morgan fingerprint density at radius 2 is 1.55 bits per heavy atom. The summed E-state index contributed by atoms with van der Waals surface area (Å²) in [5.41, 5.74) is 1.74. The fourth-order valence-electron chi connectivity index (χ4n) is 10.1. The maximum absolute atomic E-state index is 12.4. The highest BCUT2D eigenvalue weighted by atomic mass is 28.4. The molecule has 4 heteroatoms. The van der Waals surface area contributed by atoms with Gasteiger partial charge in [0.05, 0.1) is 17.6 Å². The van der Waals surface area contributed by atoms with E-state index < -0.39 is 13.7 Å². The first kappa shape index (κ1) is 25.4. The lowest BCUT2D eigenvalue weighted by molar-refractivity contribution is -0.155. The molecule has 4 fully saturated rings. The van der Waals surface area contributed by atoms with Gasteiger partial charge >= 0.3 is 0 Å². The Bertz CT molecular complexity index is 793. The van der Waals surface area contributed by atoms with E-state index in [-0.39, 0.29) is 10.8 Å². The van der Waals surface area contributed by atoms with Crippen LogP contribution in [0.2, 0.25) is 16.6 Å². The molecule has 0 saturated heterocycles. The first-order chi connectivity index (χ1) is 15.4. The van der Waals surface area contributed by atoms with Gasteiger partial charge in [0.1, 0.15) is 5.78 Å². The summed E-state index contributed by atoms with van der Waals surface area (Å²) in [5.74, 6) is 2.33. The lowest BCUT2D eigenvalue weighted by atomic mass is 9.40. The van der Waals surface area contributed by atoms with Crippen LogP contribution in [0.5, 0.6) is 0 Å². The smallest absolute Gasteiger partial charge is 0.200 e. The van der Waals surface area contributed by atoms with Crippen molar-refractivity contribution in [3.8, 4) is 6.07 Å². The highest BCUT2D eigenvalue weighted by Crippen LogP contribution is 2.70. The molecule has 0 heterocycles. The SMILES string of the molecule is CC(C)[Si](OC1CC[C@H]2[C@@H]3CCC4(C#N)CC(=O)CC[C@]4(C)[C@@H]3CC[C@]12C)(C(C)C)C(C)C. The van der Waals surface area contributed by atoms with Crippen molar-refractivity contribution in [1.29, 1.82) is 5.26 Å². The van der Waals surface area contributed by atoms with Crippen LogP contribution in [0, 0.1) is 45.3 Å². The first-order valence-corrected chi connectivity index (χ1v) is 16.1. The van der Waals surface area contributed by atoms with Gasteiger partial charge in [0.25, 0.3) is 0 Å². The second-order valence-electron chi connectivity index (χ2n) is 13.8. The van der Waals surface area contributed by atoms with Crippen LogP contribution in [-0.4, -0.2) is 20.2 Å². The molecule has 0 aromatic rings. The van der Waals surface area contributed by atoms with Crippen LogP contribution < -0.4 is 0 Å². The van der Waals surface area contributed by atoms with Crippen molar-refractivity contribution < 1.29 is 9.22 Å². The van der Waals surface area contributed by atoms with Crippen molar-refractivity contribution in [3.63, 3.8) is 0 Å². The third-order valence-corrected chi connectivity index (χ3v) is 18.0. The molecular formula is C29H49NO2Si. The zero-order chi connectivity index (χ0) is 24.4. The fourth-order valence-corrected chi connectivity index (χ4v) is 15.8. The number of carbonyl (C=O) groups is 1. The van der Waals surface area contributed by atoms with Gasteiger partial charge in [-0.05, 0) is 90.2 Å². The summed E-state index contributed by atoms with van der Waals surface area (Å²) in [4.78, 5) is 12.4. The summed E-state index contributed by atoms with van der Waals surface area (Å²) in [6, 6.07) is 2.73. The number of hydrogen-bond acceptors (Lipinski definition) is 3. The Kier molecular flexibility index (Phi) is 6.53. The van der Waals surface area contributed by atoms with E-state index in [9.17, 15) is 10.1 Å². The Morgan fingerprint density at radius 3 is 2.12 bits per heavy atom. The topological polar surface area (TPSA) is 50.1 Å². The van der Waals surface area contributed by atoms with Gasteiger partial charge < -0.3 is 4.43 Å². The molecule has 3 nitrogen and oxygen atoms in total. The number of nitriles is 1. The van der Waals surface area contributed by atoms with E-state index in [0.29, 0.717) is 59.1 Å². The number of hydrogen-bond donors (Lipinski definition) is 0. The van der Waals surface area contributed by atoms with Crippen molar-refractivity contribution in [2.45, 2.75) is 136 Å². The lowest BCUT2D eigenvalue weighted by Gasteiger charge is -2.63. The largest absolute Gasteiger partial charge is 0.413 e. The van der Waals surface area contributed by atoms with Gasteiger partial charge in [-0.15, -0.1) is 0 Å². The van der Waals surface area contributed by atoms with Gasteiger partial charge in [-0.3, -0.25) is 4.79 Å². The highest BCUT2D eigenvalue weighted by molar-refractivity contribution is 6.77. The Morgan fingerprint density at radius 1 is 0.909 bits per heavy atom. The van der Waals surface area contributed by atoms with Gasteiger partial charge in [0.2, 0.25) is 8.32 Å². The second kappa shape index (κ2) is 8.47. The van der Waals surface area contributed by atoms with Crippen LogP contribution in [0.15, 0.2) is 0 Å². The zero-order valence-corrected chi connectivity index (χ0v) is 23.7. The van der Waals surface area contributed by atoms with E-state index in [1.807, 2.05) is 0 Å². The van der Waals surface area contributed by atoms with E-state index >= 15 is 0 Å². The molecule has 2 unspecified atom stereocenters. The van der Waals surface area contributed by atoms with E-state index in [1.165, 1.54) is 25.7 Å². The van der Waals surface area contributed by atoms with Crippen molar-refractivity contribution in [2.24, 2.45) is 34.0 Å². The van der Waals surface area contributed by atoms with Crippen LogP contribution in [0.3, 0.4) is 0 Å². The summed E-state index contributed by atoms with van der Waals surface area (Å²) in [7, 11) is -1.91. The zero-order valence-electron chi connectivity index (χ0n) is 22.7. The average molecular weight is 472 g/mol. The summed E-state index contributed by atoms with van der Waals surface area (Å²) < 4.78 is 7.46. The molecule has 0 aromatic carbocycles. The monoisotopic (exact) mass is 471 g/mol. The van der Waals surface area contributed by atoms with Crippen molar-refractivity contribution in [1.82, 2.24) is 0 Å². The molecule has 0 bridgehead atoms. The fraction of sp³-hybridized carbons (Fsp3) is 0.931. The summed E-state index contributed by atoms with van der Waals surface area (Å²) in [6.45, 7) is 19.4. The number of Topliss-reactive ketones (excluding diaryl/α,β-unsaturated/α-hetero) is 1. The van der Waals surface area contributed by atoms with Crippen molar-refractivity contribution in [3.05, 3.63) is 0 Å². The Labute approximate surface area is 204 Å². The molecule has 4 aliphatic carbocycles. The quantitative estimate of drug-likeness (QED) is 0.381.